The largest absolute Gasteiger partial charge is 0.396 e. The lowest BCUT2D eigenvalue weighted by atomic mass is 9.74. The first-order valence-electron chi connectivity index (χ1n) is 5.49. The number of carbonyl (C=O) groups excluding carboxylic acids is 1. The van der Waals surface area contributed by atoms with Gasteiger partial charge in [0.05, 0.1) is 0 Å². The fraction of sp³-hybridized carbons (Fsp3) is 0.909. The van der Waals surface area contributed by atoms with Gasteiger partial charge >= 0.3 is 0 Å². The van der Waals surface area contributed by atoms with Crippen LogP contribution in [0, 0.1) is 5.41 Å². The number of hydrogen-bond acceptors (Lipinski definition) is 3. The van der Waals surface area contributed by atoms with Crippen LogP contribution in [0.2, 0.25) is 0 Å². The van der Waals surface area contributed by atoms with E-state index in [0.29, 0.717) is 19.4 Å². The SMILES string of the molecule is CC(C)(C)C1(C)CC(=O)N(CCCO)N1. The molecule has 1 saturated heterocycles. The van der Waals surface area contributed by atoms with Crippen molar-refractivity contribution in [3.63, 3.8) is 0 Å². The van der Waals surface area contributed by atoms with E-state index in [-0.39, 0.29) is 23.5 Å². The van der Waals surface area contributed by atoms with Gasteiger partial charge in [0.2, 0.25) is 5.91 Å². The number of amides is 1. The molecule has 0 aromatic carbocycles. The maximum atomic E-state index is 11.7. The fourth-order valence-electron chi connectivity index (χ4n) is 1.64. The molecule has 1 rings (SSSR count). The molecular formula is C11H22N2O2. The first-order chi connectivity index (χ1) is 6.80. The number of nitrogens with one attached hydrogen (secondary N) is 1. The summed E-state index contributed by atoms with van der Waals surface area (Å²) >= 11 is 0. The number of carbonyl (C=O) groups is 1. The molecule has 0 saturated carbocycles. The van der Waals surface area contributed by atoms with Gasteiger partial charge in [-0.05, 0) is 18.8 Å². The van der Waals surface area contributed by atoms with E-state index in [4.69, 9.17) is 5.11 Å². The van der Waals surface area contributed by atoms with E-state index in [1.807, 2.05) is 0 Å². The van der Waals surface area contributed by atoms with Crippen molar-refractivity contribution in [3.8, 4) is 0 Å². The molecule has 1 aliphatic heterocycles. The highest BCUT2D eigenvalue weighted by atomic mass is 16.3. The lowest BCUT2D eigenvalue weighted by Gasteiger charge is -2.38. The molecular weight excluding hydrogens is 192 g/mol. The summed E-state index contributed by atoms with van der Waals surface area (Å²) in [6.45, 7) is 9.16. The van der Waals surface area contributed by atoms with Crippen molar-refractivity contribution in [2.75, 3.05) is 13.2 Å². The van der Waals surface area contributed by atoms with Gasteiger partial charge in [0.15, 0.2) is 0 Å². The monoisotopic (exact) mass is 214 g/mol. The molecule has 1 unspecified atom stereocenters. The summed E-state index contributed by atoms with van der Waals surface area (Å²) in [5.74, 6) is 0.126. The molecule has 0 spiro atoms. The molecule has 0 aromatic heterocycles. The Kier molecular flexibility index (Phi) is 3.41. The molecule has 1 heterocycles. The average molecular weight is 214 g/mol. The normalized spacial score (nSPS) is 27.5. The van der Waals surface area contributed by atoms with Gasteiger partial charge in [0.1, 0.15) is 0 Å². The minimum Gasteiger partial charge on any atom is -0.396 e. The Hall–Kier alpha value is -0.610. The van der Waals surface area contributed by atoms with E-state index < -0.39 is 0 Å². The molecule has 1 amide bonds. The smallest absolute Gasteiger partial charge is 0.238 e. The van der Waals surface area contributed by atoms with Crippen molar-refractivity contribution in [3.05, 3.63) is 0 Å². The zero-order valence-electron chi connectivity index (χ0n) is 10.1. The van der Waals surface area contributed by atoms with Crippen molar-refractivity contribution in [1.82, 2.24) is 10.4 Å². The van der Waals surface area contributed by atoms with E-state index in [2.05, 4.69) is 33.1 Å². The lowest BCUT2D eigenvalue weighted by Crippen LogP contribution is -2.52. The van der Waals surface area contributed by atoms with Crippen LogP contribution in [0.5, 0.6) is 0 Å². The lowest BCUT2D eigenvalue weighted by molar-refractivity contribution is -0.129. The van der Waals surface area contributed by atoms with Crippen LogP contribution in [0.3, 0.4) is 0 Å². The Labute approximate surface area is 91.6 Å². The highest BCUT2D eigenvalue weighted by molar-refractivity contribution is 5.79. The second-order valence-electron chi connectivity index (χ2n) is 5.49. The van der Waals surface area contributed by atoms with Crippen molar-refractivity contribution < 1.29 is 9.90 Å². The van der Waals surface area contributed by atoms with Gasteiger partial charge in [0, 0.05) is 25.1 Å². The molecule has 4 heteroatoms. The summed E-state index contributed by atoms with van der Waals surface area (Å²) in [5.41, 5.74) is 3.12. The maximum Gasteiger partial charge on any atom is 0.238 e. The van der Waals surface area contributed by atoms with Gasteiger partial charge in [-0.15, -0.1) is 0 Å². The molecule has 0 bridgehead atoms. The van der Waals surface area contributed by atoms with Crippen LogP contribution >= 0.6 is 0 Å². The van der Waals surface area contributed by atoms with Crippen molar-refractivity contribution in [2.24, 2.45) is 5.41 Å². The molecule has 1 atom stereocenters. The summed E-state index contributed by atoms with van der Waals surface area (Å²) in [6.07, 6.45) is 1.15. The van der Waals surface area contributed by atoms with Gasteiger partial charge < -0.3 is 5.11 Å². The van der Waals surface area contributed by atoms with Gasteiger partial charge in [-0.3, -0.25) is 9.80 Å². The molecule has 4 nitrogen and oxygen atoms in total. The maximum absolute atomic E-state index is 11.7. The Morgan fingerprint density at radius 3 is 2.53 bits per heavy atom. The van der Waals surface area contributed by atoms with Crippen molar-refractivity contribution in [1.29, 1.82) is 0 Å². The fourth-order valence-corrected chi connectivity index (χ4v) is 1.64. The van der Waals surface area contributed by atoms with E-state index in [1.165, 1.54) is 0 Å². The number of hydrogen-bond donors (Lipinski definition) is 2. The number of aliphatic hydroxyl groups excluding tert-OH is 1. The van der Waals surface area contributed by atoms with Gasteiger partial charge in [-0.1, -0.05) is 20.8 Å². The highest BCUT2D eigenvalue weighted by Crippen LogP contribution is 2.36. The predicted octanol–water partition coefficient (Wildman–Crippen LogP) is 0.910. The summed E-state index contributed by atoms with van der Waals surface area (Å²) in [7, 11) is 0. The summed E-state index contributed by atoms with van der Waals surface area (Å²) in [5, 5.41) is 10.4. The first-order valence-corrected chi connectivity index (χ1v) is 5.49. The number of nitrogens with zero attached hydrogens (tertiary/aromatic N) is 1. The molecule has 88 valence electrons. The Balaban J connectivity index is 2.66. The Bertz CT molecular complexity index is 247. The van der Waals surface area contributed by atoms with Crippen LogP contribution in [0.15, 0.2) is 0 Å². The molecule has 0 aliphatic carbocycles. The third kappa shape index (κ3) is 2.49. The van der Waals surface area contributed by atoms with Crippen LogP contribution < -0.4 is 5.43 Å². The number of rotatable bonds is 3. The summed E-state index contributed by atoms with van der Waals surface area (Å²) in [4.78, 5) is 11.7. The van der Waals surface area contributed by atoms with Crippen LogP contribution in [0.1, 0.15) is 40.5 Å². The third-order valence-corrected chi connectivity index (χ3v) is 3.38. The molecule has 1 aliphatic rings. The van der Waals surface area contributed by atoms with Crippen LogP contribution in [0.4, 0.5) is 0 Å². The van der Waals surface area contributed by atoms with E-state index in [1.54, 1.807) is 5.01 Å². The van der Waals surface area contributed by atoms with E-state index in [9.17, 15) is 4.79 Å². The zero-order valence-corrected chi connectivity index (χ0v) is 10.1. The number of aliphatic hydroxyl groups is 1. The quantitative estimate of drug-likeness (QED) is 0.734. The third-order valence-electron chi connectivity index (χ3n) is 3.38. The molecule has 0 aromatic rings. The van der Waals surface area contributed by atoms with Crippen molar-refractivity contribution in [2.45, 2.75) is 46.1 Å². The van der Waals surface area contributed by atoms with Gasteiger partial charge in [-0.2, -0.15) is 0 Å². The zero-order chi connectivity index (χ0) is 11.7. The van der Waals surface area contributed by atoms with Crippen molar-refractivity contribution >= 4 is 5.91 Å². The molecule has 1 fully saturated rings. The standard InChI is InChI=1S/C11H22N2O2/c1-10(2,3)11(4)8-9(15)13(12-11)6-5-7-14/h12,14H,5-8H2,1-4H3. The highest BCUT2D eigenvalue weighted by Gasteiger charge is 2.46. The Morgan fingerprint density at radius 1 is 1.53 bits per heavy atom. The second kappa shape index (κ2) is 4.10. The van der Waals surface area contributed by atoms with Gasteiger partial charge in [-0.25, -0.2) is 5.43 Å². The molecule has 2 N–H and O–H groups in total. The summed E-state index contributed by atoms with van der Waals surface area (Å²) < 4.78 is 0. The first kappa shape index (κ1) is 12.5. The van der Waals surface area contributed by atoms with E-state index >= 15 is 0 Å². The van der Waals surface area contributed by atoms with Crippen LogP contribution in [0.25, 0.3) is 0 Å². The van der Waals surface area contributed by atoms with Gasteiger partial charge in [0.25, 0.3) is 0 Å². The predicted molar refractivity (Wildman–Crippen MR) is 59.0 cm³/mol. The summed E-state index contributed by atoms with van der Waals surface area (Å²) in [6, 6.07) is 0. The topological polar surface area (TPSA) is 52.6 Å². The minimum atomic E-state index is -0.181. The van der Waals surface area contributed by atoms with Crippen LogP contribution in [-0.2, 0) is 4.79 Å². The van der Waals surface area contributed by atoms with Crippen LogP contribution in [-0.4, -0.2) is 34.7 Å². The Morgan fingerprint density at radius 2 is 2.13 bits per heavy atom. The molecule has 15 heavy (non-hydrogen) atoms. The number of hydrazine groups is 1. The van der Waals surface area contributed by atoms with E-state index in [0.717, 1.165) is 0 Å². The second-order valence-corrected chi connectivity index (χ2v) is 5.49. The minimum absolute atomic E-state index is 0.0383. The average Bonchev–Trinajstić information content (AvgIpc) is 2.38. The molecule has 0 radical (unpaired) electrons.